The second kappa shape index (κ2) is 9.01. The molecule has 1 aliphatic carbocycles. The Morgan fingerprint density at radius 3 is 2.30 bits per heavy atom. The van der Waals surface area contributed by atoms with Crippen LogP contribution in [-0.4, -0.2) is 27.0 Å². The molecule has 6 nitrogen and oxygen atoms in total. The van der Waals surface area contributed by atoms with Crippen molar-refractivity contribution in [3.63, 3.8) is 0 Å². The maximum Gasteiger partial charge on any atom is 0.319 e. The third-order valence-electron chi connectivity index (χ3n) is 4.64. The largest absolute Gasteiger partial charge is 0.338 e. The van der Waals surface area contributed by atoms with E-state index in [0.717, 1.165) is 36.9 Å². The molecule has 0 spiro atoms. The van der Waals surface area contributed by atoms with Crippen LogP contribution in [0.3, 0.4) is 0 Å². The van der Waals surface area contributed by atoms with Crippen LogP contribution in [0.1, 0.15) is 31.2 Å². The average molecular weight is 388 g/mol. The molecule has 0 atom stereocenters. The lowest BCUT2D eigenvalue weighted by Gasteiger charge is -2.13. The van der Waals surface area contributed by atoms with Crippen LogP contribution in [0.2, 0.25) is 0 Å². The molecule has 2 amide bonds. The zero-order valence-corrected chi connectivity index (χ0v) is 16.0. The molecule has 1 saturated carbocycles. The first kappa shape index (κ1) is 19.4. The first-order valence-electron chi connectivity index (χ1n) is 9.24. The first-order chi connectivity index (χ1) is 13.0. The minimum atomic E-state index is -3.46. The van der Waals surface area contributed by atoms with E-state index in [1.807, 2.05) is 30.3 Å². The summed E-state index contributed by atoms with van der Waals surface area (Å²) < 4.78 is 27.6. The van der Waals surface area contributed by atoms with E-state index in [1.165, 1.54) is 0 Å². The van der Waals surface area contributed by atoms with Crippen LogP contribution >= 0.6 is 0 Å². The van der Waals surface area contributed by atoms with E-state index in [-0.39, 0.29) is 17.0 Å². The summed E-state index contributed by atoms with van der Waals surface area (Å²) in [5.41, 5.74) is 1.70. The fraction of sp³-hybridized carbons (Fsp3) is 0.350. The lowest BCUT2D eigenvalue weighted by atomic mass is 10.1. The number of nitrogens with one attached hydrogen (secondary N) is 3. The van der Waals surface area contributed by atoms with Crippen molar-refractivity contribution in [1.82, 2.24) is 10.0 Å². The molecule has 3 rings (SSSR count). The highest BCUT2D eigenvalue weighted by Crippen LogP contribution is 2.20. The maximum absolute atomic E-state index is 12.4. The molecule has 3 N–H and O–H groups in total. The van der Waals surface area contributed by atoms with Crippen molar-refractivity contribution in [2.24, 2.45) is 0 Å². The molecule has 144 valence electrons. The van der Waals surface area contributed by atoms with Crippen LogP contribution in [-0.2, 0) is 16.4 Å². The van der Waals surface area contributed by atoms with Gasteiger partial charge in [-0.25, -0.2) is 17.9 Å². The van der Waals surface area contributed by atoms with E-state index >= 15 is 0 Å². The summed E-state index contributed by atoms with van der Waals surface area (Å²) in [6, 6.07) is 15.8. The van der Waals surface area contributed by atoms with Gasteiger partial charge < -0.3 is 10.6 Å². The van der Waals surface area contributed by atoms with E-state index in [2.05, 4.69) is 15.4 Å². The number of hydrogen-bond donors (Lipinski definition) is 3. The SMILES string of the molecule is O=C(NCCc1ccc(S(=O)(=O)NC2CCCC2)cc1)Nc1ccccc1. The molecule has 0 heterocycles. The molecule has 0 unspecified atom stereocenters. The van der Waals surface area contributed by atoms with Gasteiger partial charge in [0.1, 0.15) is 0 Å². The van der Waals surface area contributed by atoms with Crippen LogP contribution in [0.25, 0.3) is 0 Å². The molecule has 0 radical (unpaired) electrons. The molecule has 2 aromatic carbocycles. The second-order valence-electron chi connectivity index (χ2n) is 6.74. The third kappa shape index (κ3) is 5.80. The van der Waals surface area contributed by atoms with Gasteiger partial charge in [-0.05, 0) is 49.1 Å². The van der Waals surface area contributed by atoms with E-state index < -0.39 is 10.0 Å². The number of hydrogen-bond acceptors (Lipinski definition) is 3. The van der Waals surface area contributed by atoms with Crippen molar-refractivity contribution in [2.75, 3.05) is 11.9 Å². The summed E-state index contributed by atoms with van der Waals surface area (Å²) in [5.74, 6) is 0. The van der Waals surface area contributed by atoms with Gasteiger partial charge >= 0.3 is 6.03 Å². The molecule has 27 heavy (non-hydrogen) atoms. The lowest BCUT2D eigenvalue weighted by Crippen LogP contribution is -2.32. The summed E-state index contributed by atoms with van der Waals surface area (Å²) >= 11 is 0. The second-order valence-corrected chi connectivity index (χ2v) is 8.46. The number of carbonyl (C=O) groups excluding carboxylic acids is 1. The Kier molecular flexibility index (Phi) is 6.47. The third-order valence-corrected chi connectivity index (χ3v) is 6.18. The quantitative estimate of drug-likeness (QED) is 0.681. The molecule has 0 saturated heterocycles. The Labute approximate surface area is 160 Å². The predicted molar refractivity (Wildman–Crippen MR) is 106 cm³/mol. The standard InChI is InChI=1S/C20H25N3O3S/c24-20(22-17-6-2-1-3-7-17)21-15-14-16-10-12-19(13-11-16)27(25,26)23-18-8-4-5-9-18/h1-3,6-7,10-13,18,23H,4-5,8-9,14-15H2,(H2,21,22,24). The van der Waals surface area contributed by atoms with Crippen LogP contribution in [0.5, 0.6) is 0 Å². The predicted octanol–water partition coefficient (Wildman–Crippen LogP) is 3.27. The minimum absolute atomic E-state index is 0.0574. The van der Waals surface area contributed by atoms with Gasteiger partial charge in [-0.1, -0.05) is 43.2 Å². The fourth-order valence-corrected chi connectivity index (χ4v) is 4.49. The molecule has 7 heteroatoms. The highest BCUT2D eigenvalue weighted by atomic mass is 32.2. The van der Waals surface area contributed by atoms with Gasteiger partial charge in [0.2, 0.25) is 10.0 Å². The van der Waals surface area contributed by atoms with E-state index in [4.69, 9.17) is 0 Å². The van der Waals surface area contributed by atoms with Crippen molar-refractivity contribution in [3.8, 4) is 0 Å². The molecule has 1 fully saturated rings. The van der Waals surface area contributed by atoms with Crippen molar-refractivity contribution in [2.45, 2.75) is 43.0 Å². The van der Waals surface area contributed by atoms with E-state index in [1.54, 1.807) is 24.3 Å². The highest BCUT2D eigenvalue weighted by molar-refractivity contribution is 7.89. The van der Waals surface area contributed by atoms with Gasteiger partial charge in [-0.2, -0.15) is 0 Å². The number of benzene rings is 2. The Morgan fingerprint density at radius 1 is 0.963 bits per heavy atom. The summed E-state index contributed by atoms with van der Waals surface area (Å²) in [5, 5.41) is 5.55. The Morgan fingerprint density at radius 2 is 1.63 bits per heavy atom. The zero-order valence-electron chi connectivity index (χ0n) is 15.1. The number of carbonyl (C=O) groups is 1. The van der Waals surface area contributed by atoms with Gasteiger partial charge in [0.05, 0.1) is 4.90 Å². The summed E-state index contributed by atoms with van der Waals surface area (Å²) in [6.07, 6.45) is 4.61. The van der Waals surface area contributed by atoms with Crippen LogP contribution in [0.15, 0.2) is 59.5 Å². The van der Waals surface area contributed by atoms with E-state index in [0.29, 0.717) is 13.0 Å². The maximum atomic E-state index is 12.4. The molecule has 2 aromatic rings. The van der Waals surface area contributed by atoms with Crippen LogP contribution in [0, 0.1) is 0 Å². The van der Waals surface area contributed by atoms with Crippen LogP contribution < -0.4 is 15.4 Å². The van der Waals surface area contributed by atoms with Crippen molar-refractivity contribution < 1.29 is 13.2 Å². The number of urea groups is 1. The molecular formula is C20H25N3O3S. The number of sulfonamides is 1. The topological polar surface area (TPSA) is 87.3 Å². The molecule has 0 aromatic heterocycles. The minimum Gasteiger partial charge on any atom is -0.338 e. The fourth-order valence-electron chi connectivity index (χ4n) is 3.18. The average Bonchev–Trinajstić information content (AvgIpc) is 3.15. The van der Waals surface area contributed by atoms with Gasteiger partial charge in [0.15, 0.2) is 0 Å². The van der Waals surface area contributed by atoms with Gasteiger partial charge in [-0.15, -0.1) is 0 Å². The summed E-state index contributed by atoms with van der Waals surface area (Å²) in [6.45, 7) is 0.463. The van der Waals surface area contributed by atoms with Gasteiger partial charge in [-0.3, -0.25) is 0 Å². The van der Waals surface area contributed by atoms with Crippen molar-refractivity contribution in [3.05, 3.63) is 60.2 Å². The molecule has 0 aliphatic heterocycles. The Hall–Kier alpha value is -2.38. The van der Waals surface area contributed by atoms with Crippen molar-refractivity contribution in [1.29, 1.82) is 0 Å². The van der Waals surface area contributed by atoms with Gasteiger partial charge in [0, 0.05) is 18.3 Å². The van der Waals surface area contributed by atoms with Gasteiger partial charge in [0.25, 0.3) is 0 Å². The lowest BCUT2D eigenvalue weighted by molar-refractivity contribution is 0.252. The molecular weight excluding hydrogens is 362 g/mol. The number of para-hydroxylation sites is 1. The normalized spacial score (nSPS) is 14.8. The highest BCUT2D eigenvalue weighted by Gasteiger charge is 2.22. The monoisotopic (exact) mass is 387 g/mol. The van der Waals surface area contributed by atoms with E-state index in [9.17, 15) is 13.2 Å². The summed E-state index contributed by atoms with van der Waals surface area (Å²) in [7, 11) is -3.46. The molecule has 0 bridgehead atoms. The Bertz CT molecular complexity index is 846. The Balaban J connectivity index is 1.46. The number of amides is 2. The number of anilines is 1. The smallest absolute Gasteiger partial charge is 0.319 e. The zero-order chi connectivity index (χ0) is 19.1. The number of rotatable bonds is 7. The summed E-state index contributed by atoms with van der Waals surface area (Å²) in [4.78, 5) is 12.1. The van der Waals surface area contributed by atoms with Crippen molar-refractivity contribution >= 4 is 21.7 Å². The molecule has 1 aliphatic rings. The van der Waals surface area contributed by atoms with Crippen LogP contribution in [0.4, 0.5) is 10.5 Å². The first-order valence-corrected chi connectivity index (χ1v) is 10.7.